The molecule has 0 spiro atoms. The summed E-state index contributed by atoms with van der Waals surface area (Å²) >= 11 is 0. The Hall–Kier alpha value is -4.21. The van der Waals surface area contributed by atoms with Crippen LogP contribution < -0.4 is 0 Å². The van der Waals surface area contributed by atoms with Gasteiger partial charge in [0.25, 0.3) is 0 Å². The molecule has 0 amide bonds. The van der Waals surface area contributed by atoms with Crippen molar-refractivity contribution >= 4 is 29.8 Å². The summed E-state index contributed by atoms with van der Waals surface area (Å²) in [6.07, 6.45) is -0.271. The maximum atomic E-state index is 10.7. The molecule has 0 bridgehead atoms. The van der Waals surface area contributed by atoms with Gasteiger partial charge in [0, 0.05) is 0 Å². The van der Waals surface area contributed by atoms with Gasteiger partial charge < -0.3 is 25.5 Å². The van der Waals surface area contributed by atoms with Gasteiger partial charge in [0.1, 0.15) is 0 Å². The molecule has 0 atom stereocenters. The van der Waals surface area contributed by atoms with Crippen LogP contribution in [0.3, 0.4) is 0 Å². The van der Waals surface area contributed by atoms with Crippen molar-refractivity contribution in [2.75, 3.05) is 0 Å². The van der Waals surface area contributed by atoms with Gasteiger partial charge in [0.05, 0.1) is 29.5 Å². The second-order valence-electron chi connectivity index (χ2n) is 5.55. The van der Waals surface area contributed by atoms with Crippen LogP contribution in [-0.2, 0) is 22.4 Å². The van der Waals surface area contributed by atoms with E-state index in [1.165, 1.54) is 6.07 Å². The van der Waals surface area contributed by atoms with Crippen molar-refractivity contribution in [3.8, 4) is 0 Å². The van der Waals surface area contributed by atoms with Gasteiger partial charge in [0.2, 0.25) is 0 Å². The molecule has 0 radical (unpaired) electrons. The van der Waals surface area contributed by atoms with E-state index in [2.05, 4.69) is 0 Å². The van der Waals surface area contributed by atoms with Crippen LogP contribution in [0.5, 0.6) is 0 Å². The van der Waals surface area contributed by atoms with Gasteiger partial charge >= 0.3 is 29.8 Å². The van der Waals surface area contributed by atoms with Crippen LogP contribution in [0.15, 0.2) is 42.5 Å². The fourth-order valence-corrected chi connectivity index (χ4v) is 2.37. The van der Waals surface area contributed by atoms with Crippen molar-refractivity contribution < 1.29 is 49.5 Å². The molecule has 29 heavy (non-hydrogen) atoms. The summed E-state index contributed by atoms with van der Waals surface area (Å²) in [6.45, 7) is 0. The highest BCUT2D eigenvalue weighted by atomic mass is 16.4. The van der Waals surface area contributed by atoms with Crippen LogP contribution in [0.4, 0.5) is 0 Å². The molecule has 0 unspecified atom stereocenters. The lowest BCUT2D eigenvalue weighted by Gasteiger charge is -2.04. The SMILES string of the molecule is O=C(O)Cc1ccccc1CC(=O)O.O=C(O)c1cccc(C(=O)O)c1C(=O)O. The first-order valence-corrected chi connectivity index (χ1v) is 7.87. The monoisotopic (exact) mass is 404 g/mol. The molecule has 0 aliphatic rings. The van der Waals surface area contributed by atoms with E-state index in [-0.39, 0.29) is 12.8 Å². The highest BCUT2D eigenvalue weighted by Gasteiger charge is 2.23. The Balaban J connectivity index is 0.000000291. The Morgan fingerprint density at radius 3 is 1.21 bits per heavy atom. The van der Waals surface area contributed by atoms with Gasteiger partial charge in [-0.25, -0.2) is 14.4 Å². The molecule has 0 aliphatic carbocycles. The maximum Gasteiger partial charge on any atom is 0.337 e. The molecule has 0 fully saturated rings. The van der Waals surface area contributed by atoms with E-state index in [0.717, 1.165) is 12.1 Å². The summed E-state index contributed by atoms with van der Waals surface area (Å²) in [5.41, 5.74) is -0.674. The predicted octanol–water partition coefficient (Wildman–Crippen LogP) is 1.72. The molecule has 0 saturated carbocycles. The van der Waals surface area contributed by atoms with Crippen LogP contribution in [0.2, 0.25) is 0 Å². The van der Waals surface area contributed by atoms with Crippen LogP contribution in [0, 0.1) is 0 Å². The number of rotatable bonds is 7. The zero-order valence-corrected chi connectivity index (χ0v) is 14.7. The topological polar surface area (TPSA) is 186 Å². The number of carboxylic acid groups (broad SMARTS) is 5. The van der Waals surface area contributed by atoms with Crippen molar-refractivity contribution in [1.29, 1.82) is 0 Å². The first-order chi connectivity index (χ1) is 13.5. The van der Waals surface area contributed by atoms with E-state index in [1.54, 1.807) is 24.3 Å². The molecule has 10 heteroatoms. The van der Waals surface area contributed by atoms with Crippen LogP contribution in [0.1, 0.15) is 42.2 Å². The summed E-state index contributed by atoms with van der Waals surface area (Å²) in [7, 11) is 0. The first kappa shape index (κ1) is 22.8. The van der Waals surface area contributed by atoms with E-state index < -0.39 is 46.5 Å². The molecule has 0 saturated heterocycles. The molecule has 152 valence electrons. The maximum absolute atomic E-state index is 10.7. The molecular weight excluding hydrogens is 388 g/mol. The van der Waals surface area contributed by atoms with Crippen LogP contribution in [-0.4, -0.2) is 55.4 Å². The number of hydrogen-bond acceptors (Lipinski definition) is 5. The third kappa shape index (κ3) is 6.79. The second-order valence-corrected chi connectivity index (χ2v) is 5.55. The summed E-state index contributed by atoms with van der Waals surface area (Å²) in [5, 5.41) is 43.2. The minimum atomic E-state index is -1.58. The largest absolute Gasteiger partial charge is 0.481 e. The van der Waals surface area contributed by atoms with Crippen LogP contribution >= 0.6 is 0 Å². The summed E-state index contributed by atoms with van der Waals surface area (Å²) in [4.78, 5) is 52.9. The minimum Gasteiger partial charge on any atom is -0.481 e. The van der Waals surface area contributed by atoms with E-state index in [9.17, 15) is 24.0 Å². The highest BCUT2D eigenvalue weighted by molar-refractivity contribution is 6.09. The smallest absolute Gasteiger partial charge is 0.337 e. The van der Waals surface area contributed by atoms with Gasteiger partial charge in [0.15, 0.2) is 0 Å². The number of benzene rings is 2. The summed E-state index contributed by atoms with van der Waals surface area (Å²) in [6, 6.07) is 9.92. The average Bonchev–Trinajstić information content (AvgIpc) is 2.62. The lowest BCUT2D eigenvalue weighted by atomic mass is 10.0. The lowest BCUT2D eigenvalue weighted by molar-refractivity contribution is -0.137. The predicted molar refractivity (Wildman–Crippen MR) is 96.4 cm³/mol. The Labute approximate surface area is 163 Å². The number of carbonyl (C=O) groups is 5. The fraction of sp³-hybridized carbons (Fsp3) is 0.105. The van der Waals surface area contributed by atoms with Crippen molar-refractivity contribution in [3.63, 3.8) is 0 Å². The van der Waals surface area contributed by atoms with E-state index in [0.29, 0.717) is 11.1 Å². The summed E-state index contributed by atoms with van der Waals surface area (Å²) in [5.74, 6) is -6.44. The van der Waals surface area contributed by atoms with Gasteiger partial charge in [-0.2, -0.15) is 0 Å². The van der Waals surface area contributed by atoms with Crippen molar-refractivity contribution in [3.05, 3.63) is 70.3 Å². The fourth-order valence-electron chi connectivity index (χ4n) is 2.37. The molecule has 2 aromatic rings. The van der Waals surface area contributed by atoms with Gasteiger partial charge in [-0.3, -0.25) is 9.59 Å². The van der Waals surface area contributed by atoms with Crippen molar-refractivity contribution in [2.24, 2.45) is 0 Å². The number of aromatic carboxylic acids is 3. The first-order valence-electron chi connectivity index (χ1n) is 7.87. The van der Waals surface area contributed by atoms with Crippen molar-refractivity contribution in [1.82, 2.24) is 0 Å². The molecule has 0 aromatic heterocycles. The molecule has 10 nitrogen and oxygen atoms in total. The van der Waals surface area contributed by atoms with E-state index in [1.807, 2.05) is 0 Å². The average molecular weight is 404 g/mol. The van der Waals surface area contributed by atoms with Gasteiger partial charge in [-0.15, -0.1) is 0 Å². The molecule has 5 N–H and O–H groups in total. The normalized spacial score (nSPS) is 9.66. The molecule has 2 rings (SSSR count). The van der Waals surface area contributed by atoms with E-state index >= 15 is 0 Å². The molecular formula is C19H16O10. The van der Waals surface area contributed by atoms with Crippen molar-refractivity contribution in [2.45, 2.75) is 12.8 Å². The molecule has 0 aliphatic heterocycles. The Morgan fingerprint density at radius 1 is 0.552 bits per heavy atom. The molecule has 0 heterocycles. The Bertz CT molecular complexity index is 894. The third-order valence-electron chi connectivity index (χ3n) is 3.54. The number of carboxylic acids is 5. The number of aliphatic carboxylic acids is 2. The Morgan fingerprint density at radius 2 is 0.931 bits per heavy atom. The van der Waals surface area contributed by atoms with E-state index in [4.69, 9.17) is 25.5 Å². The lowest BCUT2D eigenvalue weighted by Crippen LogP contribution is -2.14. The Kier molecular flexibility index (Phi) is 8.04. The standard InChI is InChI=1S/C10H10O4.C9H6O6/c11-9(12)5-7-3-1-2-4-8(7)6-10(13)14;10-7(11)4-2-1-3-5(8(12)13)6(4)9(14)15/h1-4H,5-6H2,(H,11,12)(H,13,14);1-3H,(H,10,11)(H,12,13)(H,14,15). The van der Waals surface area contributed by atoms with Gasteiger partial charge in [-0.05, 0) is 23.3 Å². The number of hydrogen-bond donors (Lipinski definition) is 5. The molecule has 2 aromatic carbocycles. The highest BCUT2D eigenvalue weighted by Crippen LogP contribution is 2.15. The third-order valence-corrected chi connectivity index (χ3v) is 3.54. The quantitative estimate of drug-likeness (QED) is 0.455. The summed E-state index contributed by atoms with van der Waals surface area (Å²) < 4.78 is 0. The second kappa shape index (κ2) is 10.2. The van der Waals surface area contributed by atoms with Crippen LogP contribution in [0.25, 0.3) is 0 Å². The van der Waals surface area contributed by atoms with Gasteiger partial charge in [-0.1, -0.05) is 30.3 Å². The zero-order valence-electron chi connectivity index (χ0n) is 14.7. The zero-order chi connectivity index (χ0) is 22.1. The minimum absolute atomic E-state index is 0.135.